The largest absolute Gasteiger partial charge is 0.269 e. The molecule has 4 nitrogen and oxygen atoms in total. The van der Waals surface area contributed by atoms with E-state index in [1.165, 1.54) is 33.2 Å². The third-order valence-electron chi connectivity index (χ3n) is 3.93. The van der Waals surface area contributed by atoms with Gasteiger partial charge in [-0.15, -0.1) is 21.5 Å². The summed E-state index contributed by atoms with van der Waals surface area (Å²) in [5, 5.41) is 10.9. The van der Waals surface area contributed by atoms with E-state index < -0.39 is 0 Å². The van der Waals surface area contributed by atoms with Gasteiger partial charge in [0.2, 0.25) is 5.16 Å². The molecule has 0 spiro atoms. The van der Waals surface area contributed by atoms with Gasteiger partial charge in [0.15, 0.2) is 10.2 Å². The van der Waals surface area contributed by atoms with Crippen LogP contribution in [0.2, 0.25) is 4.34 Å². The molecule has 0 amide bonds. The van der Waals surface area contributed by atoms with Crippen LogP contribution in [0.25, 0.3) is 26.5 Å². The Kier molecular flexibility index (Phi) is 4.45. The van der Waals surface area contributed by atoms with Crippen LogP contribution in [0.5, 0.6) is 0 Å². The molecule has 0 aliphatic rings. The lowest BCUT2D eigenvalue weighted by molar-refractivity contribution is 0.886. The van der Waals surface area contributed by atoms with E-state index in [-0.39, 0.29) is 0 Å². The van der Waals surface area contributed by atoms with Crippen LogP contribution in [0.4, 0.5) is 0 Å². The number of hydrogen-bond acceptors (Lipinski definition) is 6. The minimum atomic E-state index is 0.660. The molecule has 0 aliphatic heterocycles. The molecule has 132 valence electrons. The Hall–Kier alpha value is -2.19. The van der Waals surface area contributed by atoms with Crippen LogP contribution in [0.15, 0.2) is 76.4 Å². The minimum Gasteiger partial charge on any atom is -0.269 e. The highest BCUT2D eigenvalue weighted by molar-refractivity contribution is 8.00. The summed E-state index contributed by atoms with van der Waals surface area (Å²) in [6.45, 7) is 0. The molecule has 5 aromatic rings. The van der Waals surface area contributed by atoms with Crippen LogP contribution in [-0.2, 0) is 0 Å². The molecule has 0 radical (unpaired) electrons. The number of para-hydroxylation sites is 1. The van der Waals surface area contributed by atoms with Gasteiger partial charge in [0, 0.05) is 10.4 Å². The van der Waals surface area contributed by atoms with Crippen molar-refractivity contribution in [3.8, 4) is 16.4 Å². The van der Waals surface area contributed by atoms with Gasteiger partial charge < -0.3 is 0 Å². The number of benzene rings is 2. The van der Waals surface area contributed by atoms with Gasteiger partial charge in [0.05, 0.1) is 11.1 Å². The molecular weight excluding hydrogens is 416 g/mol. The number of rotatable bonds is 4. The molecule has 0 N–H and O–H groups in total. The zero-order chi connectivity index (χ0) is 18.2. The van der Waals surface area contributed by atoms with Crippen LogP contribution in [-0.4, -0.2) is 19.7 Å². The number of fused-ring (bicyclic) bond motifs is 1. The van der Waals surface area contributed by atoms with Gasteiger partial charge >= 0.3 is 0 Å². The summed E-state index contributed by atoms with van der Waals surface area (Å²) in [5.74, 6) is 0.826. The van der Waals surface area contributed by atoms with E-state index in [9.17, 15) is 0 Å². The van der Waals surface area contributed by atoms with Crippen molar-refractivity contribution in [1.29, 1.82) is 0 Å². The topological polar surface area (TPSA) is 43.6 Å². The maximum Gasteiger partial charge on any atom is 0.203 e. The molecule has 0 aliphatic carbocycles. The Balaban J connectivity index is 1.66. The molecule has 0 bridgehead atoms. The van der Waals surface area contributed by atoms with Crippen molar-refractivity contribution >= 4 is 56.1 Å². The highest BCUT2D eigenvalue weighted by Gasteiger charge is 2.19. The molecule has 0 atom stereocenters. The molecule has 0 saturated carbocycles. The summed E-state index contributed by atoms with van der Waals surface area (Å²) in [4.78, 5) is 5.41. The second kappa shape index (κ2) is 7.09. The normalized spacial score (nSPS) is 11.3. The number of hydrogen-bond donors (Lipinski definition) is 0. The van der Waals surface area contributed by atoms with Gasteiger partial charge in [0.25, 0.3) is 0 Å². The lowest BCUT2D eigenvalue weighted by Gasteiger charge is -2.08. The van der Waals surface area contributed by atoms with Crippen molar-refractivity contribution in [2.75, 3.05) is 0 Å². The fourth-order valence-corrected chi connectivity index (χ4v) is 5.87. The fraction of sp³-hybridized carbons (Fsp3) is 0. The summed E-state index contributed by atoms with van der Waals surface area (Å²) in [5.41, 5.74) is 1.01. The Labute approximate surface area is 172 Å². The summed E-state index contributed by atoms with van der Waals surface area (Å²) >= 11 is 10.7. The van der Waals surface area contributed by atoms with Crippen LogP contribution >= 0.6 is 46.0 Å². The quantitative estimate of drug-likeness (QED) is 0.333. The van der Waals surface area contributed by atoms with Crippen molar-refractivity contribution < 1.29 is 0 Å². The molecule has 0 unspecified atom stereocenters. The van der Waals surface area contributed by atoms with Crippen molar-refractivity contribution in [2.24, 2.45) is 0 Å². The predicted octanol–water partition coefficient (Wildman–Crippen LogP) is 6.41. The molecule has 0 fully saturated rings. The third-order valence-corrected chi connectivity index (χ3v) is 7.18. The van der Waals surface area contributed by atoms with Crippen LogP contribution in [0, 0.1) is 0 Å². The number of halogens is 1. The number of nitrogens with zero attached hydrogens (tertiary/aromatic N) is 4. The molecule has 5 rings (SSSR count). The lowest BCUT2D eigenvalue weighted by Crippen LogP contribution is -1.98. The molecule has 27 heavy (non-hydrogen) atoms. The molecule has 8 heteroatoms. The third kappa shape index (κ3) is 3.27. The van der Waals surface area contributed by atoms with Gasteiger partial charge in [0.1, 0.15) is 4.34 Å². The smallest absolute Gasteiger partial charge is 0.203 e. The van der Waals surface area contributed by atoms with Gasteiger partial charge in [-0.2, -0.15) is 0 Å². The van der Waals surface area contributed by atoms with Crippen LogP contribution in [0.3, 0.4) is 0 Å². The summed E-state index contributed by atoms with van der Waals surface area (Å²) < 4.78 is 4.81. The van der Waals surface area contributed by atoms with E-state index in [2.05, 4.69) is 56.1 Å². The second-order valence-corrected chi connectivity index (χ2v) is 9.62. The Bertz CT molecular complexity index is 1190. The number of thiazole rings is 1. The summed E-state index contributed by atoms with van der Waals surface area (Å²) in [6.07, 6.45) is 1.66. The van der Waals surface area contributed by atoms with Crippen molar-refractivity contribution in [3.63, 3.8) is 0 Å². The first-order valence-corrected chi connectivity index (χ1v) is 10.9. The standard InChI is InChI=1S/C19H11ClN4S3/c20-16-11-21-19(26-16)27-18-23-22-17(24(18)13-7-2-1-3-8-13)15-10-12-6-4-5-9-14(12)25-15/h1-11H. The van der Waals surface area contributed by atoms with E-state index in [0.717, 1.165) is 25.9 Å². The Morgan fingerprint density at radius 2 is 1.74 bits per heavy atom. The first kappa shape index (κ1) is 16.9. The SMILES string of the molecule is Clc1cnc(Sc2nnc(-c3cc4ccccc4s3)n2-c2ccccc2)s1. The van der Waals surface area contributed by atoms with Gasteiger partial charge in [-0.25, -0.2) is 4.98 Å². The van der Waals surface area contributed by atoms with Crippen LogP contribution < -0.4 is 0 Å². The first-order chi connectivity index (χ1) is 13.3. The van der Waals surface area contributed by atoms with Gasteiger partial charge in [-0.3, -0.25) is 4.57 Å². The van der Waals surface area contributed by atoms with Gasteiger partial charge in [-0.05, 0) is 41.4 Å². The van der Waals surface area contributed by atoms with Crippen molar-refractivity contribution in [1.82, 2.24) is 19.7 Å². The fourth-order valence-electron chi connectivity index (χ4n) is 2.76. The second-order valence-electron chi connectivity index (χ2n) is 5.66. The average Bonchev–Trinajstić information content (AvgIpc) is 3.40. The van der Waals surface area contributed by atoms with E-state index in [0.29, 0.717) is 4.34 Å². The minimum absolute atomic E-state index is 0.660. The average molecular weight is 427 g/mol. The zero-order valence-electron chi connectivity index (χ0n) is 13.7. The van der Waals surface area contributed by atoms with E-state index >= 15 is 0 Å². The zero-order valence-corrected chi connectivity index (χ0v) is 16.9. The van der Waals surface area contributed by atoms with E-state index in [1.54, 1.807) is 17.5 Å². The highest BCUT2D eigenvalue weighted by atomic mass is 35.5. The monoisotopic (exact) mass is 426 g/mol. The van der Waals surface area contributed by atoms with Gasteiger partial charge in [-0.1, -0.05) is 59.3 Å². The van der Waals surface area contributed by atoms with E-state index in [1.807, 2.05) is 24.3 Å². The molecular formula is C19H11ClN4S3. The molecule has 0 saturated heterocycles. The highest BCUT2D eigenvalue weighted by Crippen LogP contribution is 2.38. The Morgan fingerprint density at radius 3 is 2.52 bits per heavy atom. The summed E-state index contributed by atoms with van der Waals surface area (Å²) in [6, 6.07) is 20.6. The predicted molar refractivity (Wildman–Crippen MR) is 113 cm³/mol. The molecule has 2 aromatic carbocycles. The van der Waals surface area contributed by atoms with E-state index in [4.69, 9.17) is 11.6 Å². The summed E-state index contributed by atoms with van der Waals surface area (Å²) in [7, 11) is 0. The number of aromatic nitrogens is 4. The first-order valence-electron chi connectivity index (χ1n) is 8.07. The van der Waals surface area contributed by atoms with Crippen molar-refractivity contribution in [2.45, 2.75) is 9.50 Å². The molecule has 3 aromatic heterocycles. The van der Waals surface area contributed by atoms with Crippen molar-refractivity contribution in [3.05, 3.63) is 71.2 Å². The molecule has 3 heterocycles. The number of thiophene rings is 1. The maximum atomic E-state index is 6.03. The lowest BCUT2D eigenvalue weighted by atomic mass is 10.2. The maximum absolute atomic E-state index is 6.03. The Morgan fingerprint density at radius 1 is 0.926 bits per heavy atom. The van der Waals surface area contributed by atoms with Crippen LogP contribution in [0.1, 0.15) is 0 Å².